The molecule has 6 saturated carbocycles. The molecule has 46 heavy (non-hydrogen) atoms. The minimum absolute atomic E-state index is 0.107. The van der Waals surface area contributed by atoms with Crippen molar-refractivity contribution in [1.29, 1.82) is 0 Å². The van der Waals surface area contributed by atoms with Gasteiger partial charge in [0, 0.05) is 12.0 Å². The number of nitrogens with zero attached hydrogens (tertiary/aromatic N) is 1. The number of fused-ring (bicyclic) bond motifs is 8. The van der Waals surface area contributed by atoms with Gasteiger partial charge in [0.15, 0.2) is 0 Å². The first-order chi connectivity index (χ1) is 21.9. The summed E-state index contributed by atoms with van der Waals surface area (Å²) in [5.41, 5.74) is 2.06. The van der Waals surface area contributed by atoms with Gasteiger partial charge in [0.25, 0.3) is 0 Å². The van der Waals surface area contributed by atoms with Gasteiger partial charge in [-0.1, -0.05) is 81.3 Å². The van der Waals surface area contributed by atoms with Crippen LogP contribution in [0.4, 0.5) is 4.79 Å². The van der Waals surface area contributed by atoms with Crippen molar-refractivity contribution in [3.8, 4) is 5.75 Å². The van der Waals surface area contributed by atoms with Crippen LogP contribution in [0, 0.1) is 45.8 Å². The quantitative estimate of drug-likeness (QED) is 0.350. The van der Waals surface area contributed by atoms with Gasteiger partial charge in [0.1, 0.15) is 5.75 Å². The molecule has 0 radical (unpaired) electrons. The molecule has 5 nitrogen and oxygen atoms in total. The van der Waals surface area contributed by atoms with E-state index in [1.807, 2.05) is 41.3 Å². The van der Waals surface area contributed by atoms with Crippen molar-refractivity contribution < 1.29 is 19.7 Å². The Balaban J connectivity index is 1.08. The Labute approximate surface area is 275 Å². The largest absolute Gasteiger partial charge is 0.415 e. The Bertz CT molecular complexity index is 1610. The predicted molar refractivity (Wildman–Crippen MR) is 182 cm³/mol. The summed E-state index contributed by atoms with van der Waals surface area (Å²) in [6, 6.07) is 14.0. The van der Waals surface area contributed by atoms with E-state index in [1.165, 1.54) is 24.0 Å². The third-order valence-electron chi connectivity index (χ3n) is 15.0. The fourth-order valence-electron chi connectivity index (χ4n) is 11.7. The molecule has 0 saturated heterocycles. The SMILES string of the molecule is CC12CCC(O)CC1=CC=C1C2CCC2(C)C1CCC2(O)CN(CC1CCC2CC1C2(C)C)C(=O)Oc1ccc2ccccc2c1. The molecule has 9 rings (SSSR count). The second-order valence-corrected chi connectivity index (χ2v) is 17.3. The number of amides is 1. The highest BCUT2D eigenvalue weighted by molar-refractivity contribution is 5.84. The van der Waals surface area contributed by atoms with Crippen LogP contribution in [0.3, 0.4) is 0 Å². The van der Waals surface area contributed by atoms with Gasteiger partial charge in [-0.25, -0.2) is 4.79 Å². The monoisotopic (exact) mass is 623 g/mol. The fraction of sp³-hybridized carbons (Fsp3) is 0.634. The normalized spacial score (nSPS) is 40.5. The summed E-state index contributed by atoms with van der Waals surface area (Å²) in [6.07, 6.45) is 14.1. The average Bonchev–Trinajstić information content (AvgIpc) is 3.30. The number of aliphatic hydroxyl groups is 2. The zero-order valence-electron chi connectivity index (χ0n) is 28.3. The van der Waals surface area contributed by atoms with Crippen LogP contribution < -0.4 is 4.74 Å². The van der Waals surface area contributed by atoms with Crippen molar-refractivity contribution in [2.24, 2.45) is 45.8 Å². The van der Waals surface area contributed by atoms with Crippen LogP contribution in [0.5, 0.6) is 5.75 Å². The third-order valence-corrected chi connectivity index (χ3v) is 15.0. The lowest BCUT2D eigenvalue weighted by Crippen LogP contribution is -2.59. The summed E-state index contributed by atoms with van der Waals surface area (Å²) in [4.78, 5) is 16.1. The summed E-state index contributed by atoms with van der Waals surface area (Å²) in [5.74, 6) is 3.18. The number of ether oxygens (including phenoxy) is 1. The van der Waals surface area contributed by atoms with Gasteiger partial charge < -0.3 is 19.8 Å². The maximum Gasteiger partial charge on any atom is 0.415 e. The molecule has 9 unspecified atom stereocenters. The van der Waals surface area contributed by atoms with Crippen molar-refractivity contribution in [2.45, 2.75) is 104 Å². The molecule has 0 aliphatic heterocycles. The molecule has 2 N–H and O–H groups in total. The Hall–Kier alpha value is -2.63. The molecule has 0 spiro atoms. The van der Waals surface area contributed by atoms with Gasteiger partial charge in [-0.15, -0.1) is 0 Å². The molecule has 0 aromatic heterocycles. The standard InChI is InChI=1S/C41H53NO4/c1-38(2)29-11-9-28(36(38)23-29)24-42(37(44)46-32-13-10-26-7-5-6-8-27(26)21-32)25-41(45)20-17-35-33-14-12-30-22-31(43)15-18-39(30,3)34(33)16-19-40(35,41)4/h5-8,10,12-14,21,28-29,31,34-36,43,45H,9,11,15-20,22-25H2,1-4H3. The number of rotatable bonds is 5. The second-order valence-electron chi connectivity index (χ2n) is 17.3. The number of hydrogen-bond donors (Lipinski definition) is 2. The molecule has 6 fully saturated rings. The van der Waals surface area contributed by atoms with E-state index in [1.54, 1.807) is 0 Å². The van der Waals surface area contributed by atoms with Crippen LogP contribution in [-0.4, -0.2) is 46.0 Å². The van der Waals surface area contributed by atoms with E-state index in [2.05, 4.69) is 45.9 Å². The molecule has 1 amide bonds. The predicted octanol–water partition coefficient (Wildman–Crippen LogP) is 8.69. The number of carbonyl (C=O) groups excluding carboxylic acids is 1. The van der Waals surface area contributed by atoms with Crippen molar-refractivity contribution >= 4 is 16.9 Å². The highest BCUT2D eigenvalue weighted by Crippen LogP contribution is 2.66. The van der Waals surface area contributed by atoms with Crippen LogP contribution in [0.1, 0.15) is 91.9 Å². The molecule has 2 aromatic carbocycles. The van der Waals surface area contributed by atoms with Crippen molar-refractivity contribution in [3.63, 3.8) is 0 Å². The van der Waals surface area contributed by atoms with E-state index in [-0.39, 0.29) is 23.0 Å². The van der Waals surface area contributed by atoms with Crippen molar-refractivity contribution in [1.82, 2.24) is 4.90 Å². The number of hydrogen-bond acceptors (Lipinski definition) is 4. The summed E-state index contributed by atoms with van der Waals surface area (Å²) in [6.45, 7) is 10.5. The molecule has 246 valence electrons. The van der Waals surface area contributed by atoms with Crippen molar-refractivity contribution in [3.05, 3.63) is 65.8 Å². The van der Waals surface area contributed by atoms with Gasteiger partial charge in [0.05, 0.1) is 18.2 Å². The van der Waals surface area contributed by atoms with Gasteiger partial charge in [-0.2, -0.15) is 0 Å². The van der Waals surface area contributed by atoms with Crippen LogP contribution in [-0.2, 0) is 0 Å². The molecule has 2 aromatic rings. The lowest BCUT2D eigenvalue weighted by Gasteiger charge is -2.61. The number of aliphatic hydroxyl groups excluding tert-OH is 1. The summed E-state index contributed by atoms with van der Waals surface area (Å²) in [5, 5.41) is 25.4. The van der Waals surface area contributed by atoms with E-state index in [4.69, 9.17) is 4.74 Å². The second kappa shape index (κ2) is 10.7. The lowest BCUT2D eigenvalue weighted by molar-refractivity contribution is -0.123. The Morgan fingerprint density at radius 1 is 0.913 bits per heavy atom. The fourth-order valence-corrected chi connectivity index (χ4v) is 11.7. The van der Waals surface area contributed by atoms with Gasteiger partial charge in [-0.05, 0) is 128 Å². The molecule has 7 aliphatic rings. The van der Waals surface area contributed by atoms with Crippen LogP contribution in [0.15, 0.2) is 65.8 Å². The minimum atomic E-state index is -0.980. The molecule has 5 heteroatoms. The molecule has 0 heterocycles. The topological polar surface area (TPSA) is 70.0 Å². The Morgan fingerprint density at radius 3 is 2.48 bits per heavy atom. The molecule has 2 bridgehead atoms. The number of carbonyl (C=O) groups is 1. The van der Waals surface area contributed by atoms with Gasteiger partial charge in [-0.3, -0.25) is 0 Å². The first-order valence-electron chi connectivity index (χ1n) is 18.2. The zero-order valence-corrected chi connectivity index (χ0v) is 28.3. The molecule has 9 atom stereocenters. The summed E-state index contributed by atoms with van der Waals surface area (Å²) in [7, 11) is 0. The first kappa shape index (κ1) is 30.7. The van der Waals surface area contributed by atoms with Crippen molar-refractivity contribution in [2.75, 3.05) is 13.1 Å². The highest BCUT2D eigenvalue weighted by Gasteiger charge is 2.63. The molecular weight excluding hydrogens is 570 g/mol. The summed E-state index contributed by atoms with van der Waals surface area (Å²) < 4.78 is 6.15. The number of allylic oxidation sites excluding steroid dienone is 3. The van der Waals surface area contributed by atoms with E-state index >= 15 is 0 Å². The Kier molecular flexibility index (Phi) is 7.13. The zero-order chi connectivity index (χ0) is 32.1. The van der Waals surface area contributed by atoms with Crippen LogP contribution in [0.25, 0.3) is 10.8 Å². The molecular formula is C41H53NO4. The summed E-state index contributed by atoms with van der Waals surface area (Å²) >= 11 is 0. The number of benzene rings is 2. The smallest absolute Gasteiger partial charge is 0.410 e. The first-order valence-corrected chi connectivity index (χ1v) is 18.2. The maximum absolute atomic E-state index is 14.2. The van der Waals surface area contributed by atoms with Gasteiger partial charge >= 0.3 is 6.09 Å². The maximum atomic E-state index is 14.2. The lowest BCUT2D eigenvalue weighted by atomic mass is 9.45. The highest BCUT2D eigenvalue weighted by atomic mass is 16.6. The van der Waals surface area contributed by atoms with E-state index < -0.39 is 5.60 Å². The van der Waals surface area contributed by atoms with Crippen LogP contribution in [0.2, 0.25) is 0 Å². The van der Waals surface area contributed by atoms with Gasteiger partial charge in [0.2, 0.25) is 0 Å². The third kappa shape index (κ3) is 4.58. The van der Waals surface area contributed by atoms with E-state index in [0.717, 1.165) is 61.6 Å². The van der Waals surface area contributed by atoms with Crippen LogP contribution >= 0.6 is 0 Å². The average molecular weight is 624 g/mol. The minimum Gasteiger partial charge on any atom is -0.410 e. The van der Waals surface area contributed by atoms with E-state index in [9.17, 15) is 15.0 Å². The van der Waals surface area contributed by atoms with E-state index in [0.29, 0.717) is 54.3 Å². The Morgan fingerprint density at radius 2 is 1.70 bits per heavy atom. The molecule has 7 aliphatic carbocycles.